The Morgan fingerprint density at radius 3 is 2.09 bits per heavy atom. The lowest BCUT2D eigenvalue weighted by molar-refractivity contribution is 0.282. The molecule has 0 atom stereocenters. The predicted octanol–water partition coefficient (Wildman–Crippen LogP) is 0.712. The van der Waals surface area contributed by atoms with E-state index in [1.165, 1.54) is 0 Å². The monoisotopic (exact) mass is 150 g/mol. The molecule has 2 N–H and O–H groups in total. The molecule has 0 fully saturated rings. The highest BCUT2D eigenvalue weighted by Crippen LogP contribution is 1.95. The predicted molar refractivity (Wildman–Crippen MR) is 44.0 cm³/mol. The Bertz CT molecular complexity index is 217. The molecule has 0 unspecified atom stereocenters. The zero-order valence-corrected chi connectivity index (χ0v) is 6.07. The molecule has 11 heavy (non-hydrogen) atoms. The number of benzene rings is 1. The fourth-order valence-corrected chi connectivity index (χ4v) is 0.583. The molecule has 2 rings (SSSR count). The Labute approximate surface area is 65.4 Å². The van der Waals surface area contributed by atoms with Crippen molar-refractivity contribution >= 4 is 6.34 Å². The summed E-state index contributed by atoms with van der Waals surface area (Å²) in [7, 11) is 0. The largest absolute Gasteiger partial charge is 0.392 e. The van der Waals surface area contributed by atoms with E-state index in [4.69, 9.17) is 5.11 Å². The summed E-state index contributed by atoms with van der Waals surface area (Å²) in [6.45, 7) is 0.140. The lowest BCUT2D eigenvalue weighted by atomic mass is 10.2. The fourth-order valence-electron chi connectivity index (χ4n) is 0.583. The van der Waals surface area contributed by atoms with Crippen molar-refractivity contribution in [2.75, 3.05) is 0 Å². The van der Waals surface area contributed by atoms with Crippen molar-refractivity contribution in [3.05, 3.63) is 35.9 Å². The van der Waals surface area contributed by atoms with Gasteiger partial charge < -0.3 is 5.11 Å². The Balaban J connectivity index is 0.000000167. The van der Waals surface area contributed by atoms with Crippen molar-refractivity contribution in [3.8, 4) is 0 Å². The molecule has 0 amide bonds. The maximum atomic E-state index is 8.54. The lowest BCUT2D eigenvalue weighted by Gasteiger charge is -1.89. The number of hydrogen-bond acceptors (Lipinski definition) is 3. The van der Waals surface area contributed by atoms with Crippen LogP contribution in [0.3, 0.4) is 0 Å². The van der Waals surface area contributed by atoms with Crippen LogP contribution in [0.5, 0.6) is 0 Å². The summed E-state index contributed by atoms with van der Waals surface area (Å²) in [5, 5.41) is 11.9. The van der Waals surface area contributed by atoms with E-state index in [1.54, 1.807) is 6.34 Å². The lowest BCUT2D eigenvalue weighted by Crippen LogP contribution is -1.77. The van der Waals surface area contributed by atoms with Crippen molar-refractivity contribution in [2.24, 2.45) is 5.10 Å². The zero-order valence-electron chi connectivity index (χ0n) is 6.07. The van der Waals surface area contributed by atoms with E-state index in [0.29, 0.717) is 0 Å². The highest BCUT2D eigenvalue weighted by Gasteiger charge is 1.81. The summed E-state index contributed by atoms with van der Waals surface area (Å²) in [5.41, 5.74) is 3.47. The molecule has 58 valence electrons. The van der Waals surface area contributed by atoms with Gasteiger partial charge in [0.15, 0.2) is 0 Å². The van der Waals surface area contributed by atoms with E-state index in [1.807, 2.05) is 30.3 Å². The van der Waals surface area contributed by atoms with Gasteiger partial charge in [-0.3, -0.25) is 5.43 Å². The summed E-state index contributed by atoms with van der Waals surface area (Å²) in [4.78, 5) is 0. The smallest absolute Gasteiger partial charge is 0.129 e. The van der Waals surface area contributed by atoms with Crippen molar-refractivity contribution < 1.29 is 5.11 Å². The summed E-state index contributed by atoms with van der Waals surface area (Å²) in [5.74, 6) is 0. The van der Waals surface area contributed by atoms with Crippen LogP contribution in [0.1, 0.15) is 5.56 Å². The van der Waals surface area contributed by atoms with Gasteiger partial charge in [0.05, 0.1) is 6.61 Å². The number of nitrogens with zero attached hydrogens (tertiary/aromatic N) is 1. The van der Waals surface area contributed by atoms with Crippen LogP contribution in [0.4, 0.5) is 0 Å². The van der Waals surface area contributed by atoms with Gasteiger partial charge in [-0.1, -0.05) is 30.3 Å². The minimum Gasteiger partial charge on any atom is -0.392 e. The molecule has 1 aromatic carbocycles. The second-order valence-corrected chi connectivity index (χ2v) is 2.03. The molecule has 0 saturated carbocycles. The topological polar surface area (TPSA) is 54.5 Å². The quantitative estimate of drug-likeness (QED) is 0.619. The van der Waals surface area contributed by atoms with Crippen LogP contribution in [0.25, 0.3) is 0 Å². The number of nitrogens with one attached hydrogen (secondary N) is 1. The molecular formula is C8H10N2O. The second-order valence-electron chi connectivity index (χ2n) is 2.03. The Hall–Kier alpha value is -1.35. The van der Waals surface area contributed by atoms with Crippen LogP contribution in [0.2, 0.25) is 0 Å². The SMILES string of the molecule is C1=NN1.OCc1ccccc1. The normalized spacial score (nSPS) is 11.0. The van der Waals surface area contributed by atoms with Crippen LogP contribution in [-0.2, 0) is 6.61 Å². The van der Waals surface area contributed by atoms with Crippen LogP contribution < -0.4 is 5.43 Å². The number of hydrazone groups is 1. The van der Waals surface area contributed by atoms with Gasteiger partial charge in [0.25, 0.3) is 0 Å². The van der Waals surface area contributed by atoms with Crippen molar-refractivity contribution in [1.82, 2.24) is 5.43 Å². The average molecular weight is 150 g/mol. The molecular weight excluding hydrogens is 140 g/mol. The molecule has 3 nitrogen and oxygen atoms in total. The summed E-state index contributed by atoms with van der Waals surface area (Å²) < 4.78 is 0. The first-order valence-electron chi connectivity index (χ1n) is 3.35. The van der Waals surface area contributed by atoms with E-state index in [9.17, 15) is 0 Å². The molecule has 1 aliphatic rings. The molecule has 1 heterocycles. The molecule has 0 aromatic heterocycles. The number of hydrogen-bond donors (Lipinski definition) is 2. The maximum absolute atomic E-state index is 8.54. The van der Waals surface area contributed by atoms with E-state index < -0.39 is 0 Å². The summed E-state index contributed by atoms with van der Waals surface area (Å²) in [6, 6.07) is 9.52. The van der Waals surface area contributed by atoms with Gasteiger partial charge in [-0.05, 0) is 5.56 Å². The van der Waals surface area contributed by atoms with E-state index in [0.717, 1.165) is 5.56 Å². The summed E-state index contributed by atoms with van der Waals surface area (Å²) >= 11 is 0. The van der Waals surface area contributed by atoms with Crippen molar-refractivity contribution in [1.29, 1.82) is 0 Å². The van der Waals surface area contributed by atoms with Crippen LogP contribution in [-0.4, -0.2) is 11.4 Å². The minimum atomic E-state index is 0.140. The van der Waals surface area contributed by atoms with Crippen molar-refractivity contribution in [2.45, 2.75) is 6.61 Å². The Morgan fingerprint density at radius 1 is 1.27 bits per heavy atom. The van der Waals surface area contributed by atoms with Crippen LogP contribution in [0, 0.1) is 0 Å². The van der Waals surface area contributed by atoms with Gasteiger partial charge in [0.1, 0.15) is 6.34 Å². The molecule has 0 spiro atoms. The summed E-state index contributed by atoms with van der Waals surface area (Å²) in [6.07, 6.45) is 1.62. The average Bonchev–Trinajstić information content (AvgIpc) is 2.92. The first-order chi connectivity index (χ1) is 5.43. The van der Waals surface area contributed by atoms with Gasteiger partial charge in [0, 0.05) is 0 Å². The molecule has 1 aromatic rings. The molecule has 3 heteroatoms. The van der Waals surface area contributed by atoms with Crippen molar-refractivity contribution in [3.63, 3.8) is 0 Å². The standard InChI is InChI=1S/C7H8O.CH2N2/c8-6-7-4-2-1-3-5-7;1-2-3-1/h1-5,8H,6H2;1H,(H,2,3). The molecule has 0 aliphatic carbocycles. The van der Waals surface area contributed by atoms with Gasteiger partial charge in [-0.25, -0.2) is 0 Å². The highest BCUT2D eigenvalue weighted by atomic mass is 16.3. The fraction of sp³-hybridized carbons (Fsp3) is 0.125. The van der Waals surface area contributed by atoms with Crippen LogP contribution in [0.15, 0.2) is 35.4 Å². The van der Waals surface area contributed by atoms with Gasteiger partial charge in [-0.2, -0.15) is 5.10 Å². The minimum absolute atomic E-state index is 0.140. The van der Waals surface area contributed by atoms with Gasteiger partial charge in [0.2, 0.25) is 0 Å². The molecule has 0 radical (unpaired) electrons. The second kappa shape index (κ2) is 4.46. The van der Waals surface area contributed by atoms with Gasteiger partial charge in [-0.15, -0.1) is 0 Å². The first-order valence-corrected chi connectivity index (χ1v) is 3.35. The van der Waals surface area contributed by atoms with E-state index in [2.05, 4.69) is 10.5 Å². The molecule has 0 bridgehead atoms. The van der Waals surface area contributed by atoms with E-state index >= 15 is 0 Å². The number of aliphatic hydroxyl groups excluding tert-OH is 1. The molecule has 1 aliphatic heterocycles. The first kappa shape index (κ1) is 7.75. The third kappa shape index (κ3) is 4.11. The van der Waals surface area contributed by atoms with E-state index in [-0.39, 0.29) is 6.61 Å². The number of rotatable bonds is 1. The zero-order chi connectivity index (χ0) is 7.94. The number of aliphatic hydroxyl groups is 1. The Morgan fingerprint density at radius 2 is 1.82 bits per heavy atom. The Kier molecular flexibility index (Phi) is 3.15. The maximum Gasteiger partial charge on any atom is 0.129 e. The van der Waals surface area contributed by atoms with Crippen LogP contribution >= 0.6 is 0 Å². The van der Waals surface area contributed by atoms with Gasteiger partial charge >= 0.3 is 0 Å². The highest BCUT2D eigenvalue weighted by molar-refractivity contribution is 5.64. The third-order valence-corrected chi connectivity index (χ3v) is 1.15. The third-order valence-electron chi connectivity index (χ3n) is 1.15. The molecule has 0 saturated heterocycles.